The molecule has 0 saturated heterocycles. The second-order valence-corrected chi connectivity index (χ2v) is 5.15. The van der Waals surface area contributed by atoms with Crippen LogP contribution < -0.4 is 5.32 Å². The van der Waals surface area contributed by atoms with Crippen molar-refractivity contribution in [1.82, 2.24) is 5.32 Å². The summed E-state index contributed by atoms with van der Waals surface area (Å²) in [7, 11) is 0. The van der Waals surface area contributed by atoms with Crippen molar-refractivity contribution >= 4 is 18.5 Å². The molecule has 2 aromatic rings. The van der Waals surface area contributed by atoms with Gasteiger partial charge in [0.1, 0.15) is 0 Å². The first-order valence-corrected chi connectivity index (χ1v) is 7.33. The molecule has 0 aliphatic carbocycles. The Labute approximate surface area is 134 Å². The van der Waals surface area contributed by atoms with E-state index in [1.54, 1.807) is 0 Å². The van der Waals surface area contributed by atoms with E-state index in [0.29, 0.717) is 6.04 Å². The smallest absolute Gasteiger partial charge is 0.0140 e. The zero-order valence-electron chi connectivity index (χ0n) is 12.5. The van der Waals surface area contributed by atoms with Crippen molar-refractivity contribution in [2.24, 2.45) is 0 Å². The average Bonchev–Trinajstić information content (AvgIpc) is 2.52. The third kappa shape index (κ3) is 7.12. The Morgan fingerprint density at radius 1 is 0.952 bits per heavy atom. The van der Waals surface area contributed by atoms with E-state index in [1.165, 1.54) is 17.5 Å². The monoisotopic (exact) mass is 301 g/mol. The highest BCUT2D eigenvalue weighted by molar-refractivity contribution is 5.85. The van der Waals surface area contributed by atoms with Crippen LogP contribution >= 0.6 is 12.4 Å². The van der Waals surface area contributed by atoms with Crippen LogP contribution in [-0.2, 0) is 6.42 Å². The van der Waals surface area contributed by atoms with Crippen molar-refractivity contribution in [3.05, 3.63) is 77.9 Å². The number of nitrogens with one attached hydrogen (secondary N) is 1. The second-order valence-electron chi connectivity index (χ2n) is 5.15. The van der Waals surface area contributed by atoms with Crippen LogP contribution in [0.2, 0.25) is 0 Å². The number of benzene rings is 2. The van der Waals surface area contributed by atoms with Gasteiger partial charge < -0.3 is 5.32 Å². The van der Waals surface area contributed by atoms with Gasteiger partial charge in [-0.3, -0.25) is 0 Å². The normalized spacial score (nSPS) is 12.0. The molecule has 0 radical (unpaired) electrons. The van der Waals surface area contributed by atoms with Gasteiger partial charge in [-0.05, 0) is 30.9 Å². The van der Waals surface area contributed by atoms with Gasteiger partial charge in [-0.2, -0.15) is 0 Å². The summed E-state index contributed by atoms with van der Waals surface area (Å²) in [5, 5.41) is 3.54. The molecule has 0 amide bonds. The molecule has 0 aliphatic heterocycles. The lowest BCUT2D eigenvalue weighted by Gasteiger charge is -2.12. The van der Waals surface area contributed by atoms with Crippen LogP contribution in [0, 0.1) is 0 Å². The molecule has 0 aliphatic rings. The summed E-state index contributed by atoms with van der Waals surface area (Å²) >= 11 is 0. The van der Waals surface area contributed by atoms with Gasteiger partial charge >= 0.3 is 0 Å². The van der Waals surface area contributed by atoms with E-state index in [4.69, 9.17) is 0 Å². The predicted molar refractivity (Wildman–Crippen MR) is 95.0 cm³/mol. The minimum atomic E-state index is 0. The summed E-state index contributed by atoms with van der Waals surface area (Å²) in [6, 6.07) is 21.6. The molecular weight excluding hydrogens is 278 g/mol. The minimum absolute atomic E-state index is 0. The third-order valence-corrected chi connectivity index (χ3v) is 3.40. The molecule has 0 bridgehead atoms. The van der Waals surface area contributed by atoms with E-state index in [0.717, 1.165) is 13.0 Å². The van der Waals surface area contributed by atoms with Gasteiger partial charge in [0.25, 0.3) is 0 Å². The maximum Gasteiger partial charge on any atom is 0.0140 e. The largest absolute Gasteiger partial charge is 0.311 e. The van der Waals surface area contributed by atoms with Gasteiger partial charge in [-0.1, -0.05) is 72.8 Å². The topological polar surface area (TPSA) is 12.0 Å². The van der Waals surface area contributed by atoms with Gasteiger partial charge in [0.05, 0.1) is 0 Å². The number of hydrogen-bond acceptors (Lipinski definition) is 1. The quantitative estimate of drug-likeness (QED) is 0.779. The highest BCUT2D eigenvalue weighted by atomic mass is 35.5. The van der Waals surface area contributed by atoms with Crippen LogP contribution in [0.25, 0.3) is 6.08 Å². The summed E-state index contributed by atoms with van der Waals surface area (Å²) in [4.78, 5) is 0. The molecule has 0 heterocycles. The maximum absolute atomic E-state index is 3.54. The molecule has 2 heteroatoms. The summed E-state index contributed by atoms with van der Waals surface area (Å²) < 4.78 is 0. The van der Waals surface area contributed by atoms with Crippen molar-refractivity contribution in [2.75, 3.05) is 6.54 Å². The Morgan fingerprint density at radius 2 is 1.57 bits per heavy atom. The lowest BCUT2D eigenvalue weighted by molar-refractivity contribution is 0.543. The van der Waals surface area contributed by atoms with Crippen molar-refractivity contribution in [3.8, 4) is 0 Å². The van der Waals surface area contributed by atoms with Crippen LogP contribution in [0.4, 0.5) is 0 Å². The molecule has 1 atom stereocenters. The Hall–Kier alpha value is -1.57. The fraction of sp³-hybridized carbons (Fsp3) is 0.263. The van der Waals surface area contributed by atoms with Gasteiger partial charge in [0, 0.05) is 12.6 Å². The number of halogens is 1. The molecule has 2 rings (SSSR count). The SMILES string of the molecule is CC(CCc1ccccc1)NC/C=C/c1ccccc1.Cl. The van der Waals surface area contributed by atoms with Crippen molar-refractivity contribution < 1.29 is 0 Å². The molecule has 0 fully saturated rings. The van der Waals surface area contributed by atoms with Gasteiger partial charge in [0.15, 0.2) is 0 Å². The predicted octanol–water partition coefficient (Wildman–Crippen LogP) is 4.73. The minimum Gasteiger partial charge on any atom is -0.311 e. The van der Waals surface area contributed by atoms with Gasteiger partial charge in [-0.25, -0.2) is 0 Å². The van der Waals surface area contributed by atoms with Crippen LogP contribution in [0.3, 0.4) is 0 Å². The fourth-order valence-corrected chi connectivity index (χ4v) is 2.16. The zero-order chi connectivity index (χ0) is 14.0. The summed E-state index contributed by atoms with van der Waals surface area (Å²) in [5.41, 5.74) is 2.67. The van der Waals surface area contributed by atoms with Crippen LogP contribution in [0.15, 0.2) is 66.7 Å². The highest BCUT2D eigenvalue weighted by Crippen LogP contribution is 2.05. The van der Waals surface area contributed by atoms with Crippen molar-refractivity contribution in [2.45, 2.75) is 25.8 Å². The Kier molecular flexibility index (Phi) is 8.49. The van der Waals surface area contributed by atoms with E-state index in [9.17, 15) is 0 Å². The number of aryl methyl sites for hydroxylation is 1. The van der Waals surface area contributed by atoms with Gasteiger partial charge in [-0.15, -0.1) is 12.4 Å². The van der Waals surface area contributed by atoms with E-state index in [1.807, 2.05) is 6.07 Å². The third-order valence-electron chi connectivity index (χ3n) is 3.40. The Balaban J connectivity index is 0.00000220. The van der Waals surface area contributed by atoms with Crippen molar-refractivity contribution in [1.29, 1.82) is 0 Å². The fourth-order valence-electron chi connectivity index (χ4n) is 2.16. The Morgan fingerprint density at radius 3 is 2.24 bits per heavy atom. The van der Waals surface area contributed by atoms with Gasteiger partial charge in [0.2, 0.25) is 0 Å². The van der Waals surface area contributed by atoms with Crippen LogP contribution in [-0.4, -0.2) is 12.6 Å². The number of hydrogen-bond donors (Lipinski definition) is 1. The molecule has 1 nitrogen and oxygen atoms in total. The lowest BCUT2D eigenvalue weighted by atomic mass is 10.1. The van der Waals surface area contributed by atoms with Crippen LogP contribution in [0.1, 0.15) is 24.5 Å². The Bertz CT molecular complexity index is 508. The van der Waals surface area contributed by atoms with E-state index in [-0.39, 0.29) is 12.4 Å². The molecule has 0 aromatic heterocycles. The average molecular weight is 302 g/mol. The van der Waals surface area contributed by atoms with E-state index >= 15 is 0 Å². The van der Waals surface area contributed by atoms with E-state index in [2.05, 4.69) is 79.0 Å². The summed E-state index contributed by atoms with van der Waals surface area (Å²) in [6.45, 7) is 3.17. The first kappa shape index (κ1) is 17.5. The highest BCUT2D eigenvalue weighted by Gasteiger charge is 2.00. The first-order valence-electron chi connectivity index (χ1n) is 7.33. The molecule has 1 N–H and O–H groups in total. The van der Waals surface area contributed by atoms with Crippen molar-refractivity contribution in [3.63, 3.8) is 0 Å². The summed E-state index contributed by atoms with van der Waals surface area (Å²) in [5.74, 6) is 0. The molecule has 2 aromatic carbocycles. The summed E-state index contributed by atoms with van der Waals surface area (Å²) in [6.07, 6.45) is 6.66. The van der Waals surface area contributed by atoms with E-state index < -0.39 is 0 Å². The molecule has 21 heavy (non-hydrogen) atoms. The molecule has 0 spiro atoms. The first-order chi connectivity index (χ1) is 9.84. The molecular formula is C19H24ClN. The molecule has 0 saturated carbocycles. The standard InChI is InChI=1S/C19H23N.ClH/c1-17(14-15-19-11-6-3-7-12-19)20-16-8-13-18-9-4-2-5-10-18;/h2-13,17,20H,14-16H2,1H3;1H/b13-8+;. The zero-order valence-corrected chi connectivity index (χ0v) is 13.4. The second kappa shape index (κ2) is 10.2. The van der Waals surface area contributed by atoms with Crippen LogP contribution in [0.5, 0.6) is 0 Å². The maximum atomic E-state index is 3.54. The molecule has 112 valence electrons. The molecule has 1 unspecified atom stereocenters. The lowest BCUT2D eigenvalue weighted by Crippen LogP contribution is -2.26. The number of rotatable bonds is 7.